The van der Waals surface area contributed by atoms with E-state index in [9.17, 15) is 4.79 Å². The Morgan fingerprint density at radius 2 is 2.10 bits per heavy atom. The molecular weight excluding hydrogens is 248 g/mol. The topological polar surface area (TPSA) is 32.3 Å². The number of amides is 1. The molecule has 0 saturated heterocycles. The first-order valence-corrected chi connectivity index (χ1v) is 8.16. The fraction of sp³-hybridized carbons (Fsp3) is 0.824. The van der Waals surface area contributed by atoms with Gasteiger partial charge in [-0.2, -0.15) is 0 Å². The molecule has 0 aromatic rings. The SMILES string of the molecule is CC(C)CCN(C)C(C)C(=O)NCCC1=CCCCC1. The Bertz CT molecular complexity index is 323. The second-order valence-corrected chi connectivity index (χ2v) is 6.49. The third kappa shape index (κ3) is 6.56. The monoisotopic (exact) mass is 280 g/mol. The van der Waals surface area contributed by atoms with Gasteiger partial charge in [0.05, 0.1) is 6.04 Å². The number of nitrogens with zero attached hydrogens (tertiary/aromatic N) is 1. The molecule has 0 bridgehead atoms. The number of hydrogen-bond donors (Lipinski definition) is 1. The van der Waals surface area contributed by atoms with Crippen molar-refractivity contribution in [2.45, 2.75) is 65.3 Å². The van der Waals surface area contributed by atoms with Crippen molar-refractivity contribution in [3.63, 3.8) is 0 Å². The minimum atomic E-state index is -0.0333. The van der Waals surface area contributed by atoms with Crippen LogP contribution in [0.3, 0.4) is 0 Å². The minimum absolute atomic E-state index is 0.0333. The molecule has 1 rings (SSSR count). The summed E-state index contributed by atoms with van der Waals surface area (Å²) in [7, 11) is 2.04. The zero-order valence-corrected chi connectivity index (χ0v) is 13.7. The Labute approximate surface area is 124 Å². The highest BCUT2D eigenvalue weighted by molar-refractivity contribution is 5.81. The van der Waals surface area contributed by atoms with Crippen LogP contribution in [0.15, 0.2) is 11.6 Å². The van der Waals surface area contributed by atoms with Crippen LogP contribution in [0.1, 0.15) is 59.3 Å². The predicted molar refractivity (Wildman–Crippen MR) is 85.7 cm³/mol. The number of rotatable bonds is 8. The number of hydrogen-bond acceptors (Lipinski definition) is 2. The zero-order valence-electron chi connectivity index (χ0n) is 13.7. The maximum Gasteiger partial charge on any atom is 0.237 e. The molecule has 0 aromatic heterocycles. The first-order chi connectivity index (χ1) is 9.50. The van der Waals surface area contributed by atoms with Gasteiger partial charge in [0.1, 0.15) is 0 Å². The highest BCUT2D eigenvalue weighted by Crippen LogP contribution is 2.19. The van der Waals surface area contributed by atoms with Gasteiger partial charge in [-0.25, -0.2) is 0 Å². The molecule has 116 valence electrons. The summed E-state index contributed by atoms with van der Waals surface area (Å²) in [5.41, 5.74) is 1.53. The molecule has 1 aliphatic carbocycles. The van der Waals surface area contributed by atoms with Gasteiger partial charge >= 0.3 is 0 Å². The summed E-state index contributed by atoms with van der Waals surface area (Å²) >= 11 is 0. The fourth-order valence-corrected chi connectivity index (χ4v) is 2.48. The lowest BCUT2D eigenvalue weighted by Gasteiger charge is -2.24. The van der Waals surface area contributed by atoms with Crippen molar-refractivity contribution in [3.8, 4) is 0 Å². The van der Waals surface area contributed by atoms with Crippen molar-refractivity contribution in [3.05, 3.63) is 11.6 Å². The van der Waals surface area contributed by atoms with Crippen LogP contribution >= 0.6 is 0 Å². The Balaban J connectivity index is 2.21. The van der Waals surface area contributed by atoms with Crippen molar-refractivity contribution >= 4 is 5.91 Å². The molecular formula is C17H32N2O. The third-order valence-corrected chi connectivity index (χ3v) is 4.23. The molecule has 1 amide bonds. The van der Waals surface area contributed by atoms with E-state index < -0.39 is 0 Å². The smallest absolute Gasteiger partial charge is 0.237 e. The molecule has 0 heterocycles. The number of allylic oxidation sites excluding steroid dienone is 1. The lowest BCUT2D eigenvalue weighted by atomic mass is 9.97. The maximum atomic E-state index is 12.1. The molecule has 3 nitrogen and oxygen atoms in total. The van der Waals surface area contributed by atoms with E-state index in [0.29, 0.717) is 5.92 Å². The molecule has 0 radical (unpaired) electrons. The molecule has 0 fully saturated rings. The number of likely N-dealkylation sites (N-methyl/N-ethyl adjacent to an activating group) is 1. The van der Waals surface area contributed by atoms with E-state index in [2.05, 4.69) is 30.1 Å². The van der Waals surface area contributed by atoms with Gasteiger partial charge in [0, 0.05) is 6.54 Å². The molecule has 20 heavy (non-hydrogen) atoms. The van der Waals surface area contributed by atoms with Crippen LogP contribution in [-0.2, 0) is 4.79 Å². The van der Waals surface area contributed by atoms with E-state index >= 15 is 0 Å². The summed E-state index contributed by atoms with van der Waals surface area (Å²) in [6.07, 6.45) is 9.60. The van der Waals surface area contributed by atoms with Gasteiger partial charge < -0.3 is 5.32 Å². The average molecular weight is 280 g/mol. The average Bonchev–Trinajstić information content (AvgIpc) is 2.44. The van der Waals surface area contributed by atoms with Crippen LogP contribution in [0.4, 0.5) is 0 Å². The van der Waals surface area contributed by atoms with Crippen LogP contribution in [0.25, 0.3) is 0 Å². The van der Waals surface area contributed by atoms with Gasteiger partial charge in [-0.05, 0) is 65.0 Å². The van der Waals surface area contributed by atoms with Crippen LogP contribution < -0.4 is 5.32 Å². The van der Waals surface area contributed by atoms with Gasteiger partial charge in [-0.3, -0.25) is 9.69 Å². The van der Waals surface area contributed by atoms with Crippen molar-refractivity contribution in [1.82, 2.24) is 10.2 Å². The van der Waals surface area contributed by atoms with E-state index in [4.69, 9.17) is 0 Å². The summed E-state index contributed by atoms with van der Waals surface area (Å²) in [5, 5.41) is 3.08. The molecule has 1 atom stereocenters. The van der Waals surface area contributed by atoms with Crippen molar-refractivity contribution in [1.29, 1.82) is 0 Å². The van der Waals surface area contributed by atoms with Gasteiger partial charge in [0.25, 0.3) is 0 Å². The predicted octanol–water partition coefficient (Wildman–Crippen LogP) is 3.36. The van der Waals surface area contributed by atoms with E-state index in [-0.39, 0.29) is 11.9 Å². The van der Waals surface area contributed by atoms with E-state index in [1.54, 1.807) is 0 Å². The van der Waals surface area contributed by atoms with Crippen LogP contribution in [0, 0.1) is 5.92 Å². The second-order valence-electron chi connectivity index (χ2n) is 6.49. The Kier molecular flexibility index (Phi) is 7.90. The highest BCUT2D eigenvalue weighted by Gasteiger charge is 2.17. The van der Waals surface area contributed by atoms with Gasteiger partial charge in [0.15, 0.2) is 0 Å². The summed E-state index contributed by atoms with van der Waals surface area (Å²) in [5.74, 6) is 0.846. The summed E-state index contributed by atoms with van der Waals surface area (Å²) in [6, 6.07) is -0.0333. The normalized spacial score (nSPS) is 17.2. The fourth-order valence-electron chi connectivity index (χ4n) is 2.48. The van der Waals surface area contributed by atoms with Gasteiger partial charge in [-0.15, -0.1) is 0 Å². The van der Waals surface area contributed by atoms with Crippen molar-refractivity contribution in [2.24, 2.45) is 5.92 Å². The number of nitrogens with one attached hydrogen (secondary N) is 1. The summed E-state index contributed by atoms with van der Waals surface area (Å²) in [6.45, 7) is 8.20. The van der Waals surface area contributed by atoms with Crippen LogP contribution in [0.2, 0.25) is 0 Å². The largest absolute Gasteiger partial charge is 0.354 e. The van der Waals surface area contributed by atoms with Gasteiger partial charge in [0.2, 0.25) is 5.91 Å². The molecule has 0 spiro atoms. The maximum absolute atomic E-state index is 12.1. The molecule has 3 heteroatoms. The summed E-state index contributed by atoms with van der Waals surface area (Å²) in [4.78, 5) is 14.2. The van der Waals surface area contributed by atoms with E-state index in [1.165, 1.54) is 31.3 Å². The lowest BCUT2D eigenvalue weighted by Crippen LogP contribution is -2.44. The van der Waals surface area contributed by atoms with Gasteiger partial charge in [-0.1, -0.05) is 25.5 Å². The third-order valence-electron chi connectivity index (χ3n) is 4.23. The second kappa shape index (κ2) is 9.17. The van der Waals surface area contributed by atoms with Crippen LogP contribution in [-0.4, -0.2) is 37.0 Å². The van der Waals surface area contributed by atoms with E-state index in [0.717, 1.165) is 25.9 Å². The first-order valence-electron chi connectivity index (χ1n) is 8.16. The molecule has 0 aromatic carbocycles. The standard InChI is InChI=1S/C17H32N2O/c1-14(2)11-13-19(4)15(3)17(20)18-12-10-16-8-6-5-7-9-16/h8,14-15H,5-7,9-13H2,1-4H3,(H,18,20). The highest BCUT2D eigenvalue weighted by atomic mass is 16.2. The first kappa shape index (κ1) is 17.2. The molecule has 1 unspecified atom stereocenters. The van der Waals surface area contributed by atoms with Crippen LogP contribution in [0.5, 0.6) is 0 Å². The quantitative estimate of drug-likeness (QED) is 0.691. The molecule has 1 aliphatic rings. The molecule has 0 aliphatic heterocycles. The number of carbonyl (C=O) groups excluding carboxylic acids is 1. The zero-order chi connectivity index (χ0) is 15.0. The van der Waals surface area contributed by atoms with E-state index in [1.807, 2.05) is 14.0 Å². The number of carbonyl (C=O) groups is 1. The Morgan fingerprint density at radius 1 is 1.35 bits per heavy atom. The Hall–Kier alpha value is -0.830. The molecule has 1 N–H and O–H groups in total. The van der Waals surface area contributed by atoms with Crippen molar-refractivity contribution in [2.75, 3.05) is 20.1 Å². The minimum Gasteiger partial charge on any atom is -0.354 e. The lowest BCUT2D eigenvalue weighted by molar-refractivity contribution is -0.125. The summed E-state index contributed by atoms with van der Waals surface area (Å²) < 4.78 is 0. The Morgan fingerprint density at radius 3 is 2.70 bits per heavy atom. The molecule has 0 saturated carbocycles. The van der Waals surface area contributed by atoms with Crippen molar-refractivity contribution < 1.29 is 4.79 Å².